The predicted octanol–water partition coefficient (Wildman–Crippen LogP) is 4.05. The molecule has 0 amide bonds. The van der Waals surface area contributed by atoms with Crippen LogP contribution in [0.15, 0.2) is 55.5 Å². The number of rotatable bonds is 6. The molecule has 6 rings (SSSR count). The van der Waals surface area contributed by atoms with E-state index in [1.807, 2.05) is 49.8 Å². The molecule has 11 nitrogen and oxygen atoms in total. The zero-order chi connectivity index (χ0) is 25.4. The van der Waals surface area contributed by atoms with E-state index >= 15 is 0 Å². The van der Waals surface area contributed by atoms with E-state index in [4.69, 9.17) is 0 Å². The van der Waals surface area contributed by atoms with E-state index in [0.29, 0.717) is 11.8 Å². The zero-order valence-electron chi connectivity index (χ0n) is 21.2. The second kappa shape index (κ2) is 9.57. The second-order valence-corrected chi connectivity index (χ2v) is 9.67. The lowest BCUT2D eigenvalue weighted by atomic mass is 9.96. The van der Waals surface area contributed by atoms with Crippen LogP contribution in [-0.2, 0) is 0 Å². The molecule has 0 atom stereocenters. The Bertz CT molecular complexity index is 1500. The minimum Gasteiger partial charge on any atom is -0.351 e. The van der Waals surface area contributed by atoms with Gasteiger partial charge in [-0.25, -0.2) is 24.6 Å². The molecule has 1 fully saturated rings. The van der Waals surface area contributed by atoms with Crippen LogP contribution in [0, 0.1) is 6.92 Å². The largest absolute Gasteiger partial charge is 0.351 e. The fraction of sp³-hybridized carbons (Fsp3) is 0.346. The quantitative estimate of drug-likeness (QED) is 0.372. The summed E-state index contributed by atoms with van der Waals surface area (Å²) in [7, 11) is 0. The summed E-state index contributed by atoms with van der Waals surface area (Å²) in [6.45, 7) is 8.05. The topological polar surface area (TPSA) is 115 Å². The van der Waals surface area contributed by atoms with E-state index in [2.05, 4.69) is 63.7 Å². The van der Waals surface area contributed by atoms with E-state index in [1.165, 1.54) is 6.33 Å². The molecule has 11 heteroatoms. The molecule has 1 N–H and O–H groups in total. The maximum Gasteiger partial charge on any atom is 0.225 e. The summed E-state index contributed by atoms with van der Waals surface area (Å²) in [5.41, 5.74) is 4.60. The van der Waals surface area contributed by atoms with Crippen molar-refractivity contribution in [3.8, 4) is 5.82 Å². The fourth-order valence-corrected chi connectivity index (χ4v) is 4.72. The van der Waals surface area contributed by atoms with Crippen molar-refractivity contribution in [1.82, 2.24) is 44.3 Å². The lowest BCUT2D eigenvalue weighted by Crippen LogP contribution is -2.34. The molecule has 0 unspecified atom stereocenters. The van der Waals surface area contributed by atoms with E-state index < -0.39 is 0 Å². The number of nitrogens with zero attached hydrogens (tertiary/aromatic N) is 10. The van der Waals surface area contributed by atoms with Crippen molar-refractivity contribution in [2.75, 3.05) is 23.3 Å². The Balaban J connectivity index is 1.18. The highest BCUT2D eigenvalue weighted by Crippen LogP contribution is 2.31. The SMILES string of the molecule is Cc1nc(-n2cncn2)ccc1Nc1cccn2c(C3CCN(c4ncc(C(C)C)cn4)CC3)nnc12. The second-order valence-electron chi connectivity index (χ2n) is 9.67. The first-order chi connectivity index (χ1) is 18.1. The molecule has 5 aromatic heterocycles. The number of nitrogens with one attached hydrogen (secondary N) is 1. The average molecular weight is 496 g/mol. The third-order valence-electron chi connectivity index (χ3n) is 6.92. The normalized spacial score (nSPS) is 14.5. The first-order valence-corrected chi connectivity index (χ1v) is 12.6. The summed E-state index contributed by atoms with van der Waals surface area (Å²) >= 11 is 0. The van der Waals surface area contributed by atoms with Gasteiger partial charge in [-0.3, -0.25) is 4.40 Å². The standard InChI is InChI=1S/C26H29N11/c1-17(2)20-13-28-26(29-14-20)35-11-8-19(9-12-35)24-33-34-25-22(5-4-10-36(24)25)32-21-6-7-23(31-18(21)3)37-16-27-15-30-37/h4-7,10,13-17,19,32H,8-9,11-12H2,1-3H3. The van der Waals surface area contributed by atoms with Gasteiger partial charge in [0.05, 0.1) is 17.1 Å². The molecule has 0 aliphatic carbocycles. The summed E-state index contributed by atoms with van der Waals surface area (Å²) in [5, 5.41) is 16.8. The van der Waals surface area contributed by atoms with Crippen LogP contribution >= 0.6 is 0 Å². The Morgan fingerprint density at radius 1 is 1.00 bits per heavy atom. The zero-order valence-corrected chi connectivity index (χ0v) is 21.2. The molecule has 0 bridgehead atoms. The number of aromatic nitrogens is 9. The monoisotopic (exact) mass is 495 g/mol. The molecule has 188 valence electrons. The van der Waals surface area contributed by atoms with Crippen molar-refractivity contribution in [2.45, 2.75) is 45.4 Å². The Hall–Kier alpha value is -4.41. The number of pyridine rings is 2. The van der Waals surface area contributed by atoms with E-state index in [9.17, 15) is 0 Å². The fourth-order valence-electron chi connectivity index (χ4n) is 4.72. The maximum atomic E-state index is 4.66. The van der Waals surface area contributed by atoms with E-state index in [-0.39, 0.29) is 0 Å². The average Bonchev–Trinajstić information content (AvgIpc) is 3.61. The van der Waals surface area contributed by atoms with Gasteiger partial charge < -0.3 is 10.2 Å². The van der Waals surface area contributed by atoms with Crippen LogP contribution < -0.4 is 10.2 Å². The Kier molecular flexibility index (Phi) is 5.95. The first kappa shape index (κ1) is 23.0. The molecule has 37 heavy (non-hydrogen) atoms. The minimum atomic E-state index is 0.321. The molecule has 0 aromatic carbocycles. The van der Waals surface area contributed by atoms with Gasteiger partial charge in [-0.2, -0.15) is 5.10 Å². The summed E-state index contributed by atoms with van der Waals surface area (Å²) in [6.07, 6.45) is 11.0. The molecule has 1 saturated heterocycles. The molecule has 1 aliphatic rings. The number of fused-ring (bicyclic) bond motifs is 1. The molecular formula is C26H29N11. The van der Waals surface area contributed by atoms with Crippen molar-refractivity contribution in [1.29, 1.82) is 0 Å². The number of hydrogen-bond donors (Lipinski definition) is 1. The van der Waals surface area contributed by atoms with Crippen LogP contribution in [0.3, 0.4) is 0 Å². The van der Waals surface area contributed by atoms with Gasteiger partial charge in [-0.05, 0) is 55.5 Å². The van der Waals surface area contributed by atoms with E-state index in [1.54, 1.807) is 11.0 Å². The molecule has 0 saturated carbocycles. The molecule has 6 heterocycles. The maximum absolute atomic E-state index is 4.66. The van der Waals surface area contributed by atoms with Crippen LogP contribution in [0.1, 0.15) is 55.6 Å². The Labute approximate surface area is 214 Å². The van der Waals surface area contributed by atoms with Crippen molar-refractivity contribution < 1.29 is 0 Å². The third kappa shape index (κ3) is 4.48. The summed E-state index contributed by atoms with van der Waals surface area (Å²) in [6, 6.07) is 7.94. The Morgan fingerprint density at radius 3 is 2.51 bits per heavy atom. The molecular weight excluding hydrogens is 466 g/mol. The van der Waals surface area contributed by atoms with Crippen LogP contribution in [0.5, 0.6) is 0 Å². The minimum absolute atomic E-state index is 0.321. The Morgan fingerprint density at radius 2 is 1.81 bits per heavy atom. The summed E-state index contributed by atoms with van der Waals surface area (Å²) in [4.78, 5) is 20.1. The van der Waals surface area contributed by atoms with Gasteiger partial charge in [0, 0.05) is 37.6 Å². The van der Waals surface area contributed by atoms with Gasteiger partial charge in [-0.15, -0.1) is 10.2 Å². The van der Waals surface area contributed by atoms with Crippen LogP contribution in [0.4, 0.5) is 17.3 Å². The number of hydrogen-bond acceptors (Lipinski definition) is 9. The van der Waals surface area contributed by atoms with Crippen LogP contribution in [0.2, 0.25) is 0 Å². The third-order valence-corrected chi connectivity index (χ3v) is 6.92. The lowest BCUT2D eigenvalue weighted by molar-refractivity contribution is 0.477. The van der Waals surface area contributed by atoms with Crippen LogP contribution in [0.25, 0.3) is 11.5 Å². The van der Waals surface area contributed by atoms with Gasteiger partial charge >= 0.3 is 0 Å². The van der Waals surface area contributed by atoms with Gasteiger partial charge in [0.1, 0.15) is 18.5 Å². The highest BCUT2D eigenvalue weighted by atomic mass is 15.3. The highest BCUT2D eigenvalue weighted by molar-refractivity contribution is 5.74. The van der Waals surface area contributed by atoms with Crippen molar-refractivity contribution in [3.05, 3.63) is 72.6 Å². The molecule has 0 radical (unpaired) electrons. The van der Waals surface area contributed by atoms with Gasteiger partial charge in [-0.1, -0.05) is 13.8 Å². The number of aryl methyl sites for hydroxylation is 1. The molecule has 0 spiro atoms. The summed E-state index contributed by atoms with van der Waals surface area (Å²) in [5.74, 6) is 3.27. The smallest absolute Gasteiger partial charge is 0.225 e. The molecule has 1 aliphatic heterocycles. The van der Waals surface area contributed by atoms with Crippen molar-refractivity contribution in [3.63, 3.8) is 0 Å². The van der Waals surface area contributed by atoms with Crippen molar-refractivity contribution >= 4 is 23.0 Å². The summed E-state index contributed by atoms with van der Waals surface area (Å²) < 4.78 is 3.74. The number of piperidine rings is 1. The first-order valence-electron chi connectivity index (χ1n) is 12.6. The number of anilines is 3. The van der Waals surface area contributed by atoms with Crippen LogP contribution in [-0.4, -0.2) is 57.4 Å². The lowest BCUT2D eigenvalue weighted by Gasteiger charge is -2.31. The van der Waals surface area contributed by atoms with Crippen molar-refractivity contribution in [2.24, 2.45) is 0 Å². The van der Waals surface area contributed by atoms with Gasteiger partial charge in [0.25, 0.3) is 0 Å². The highest BCUT2D eigenvalue weighted by Gasteiger charge is 2.26. The molecule has 5 aromatic rings. The predicted molar refractivity (Wildman–Crippen MR) is 140 cm³/mol. The van der Waals surface area contributed by atoms with E-state index in [0.717, 1.165) is 71.8 Å². The van der Waals surface area contributed by atoms with Gasteiger partial charge in [0.15, 0.2) is 11.5 Å². The van der Waals surface area contributed by atoms with Gasteiger partial charge in [0.2, 0.25) is 5.95 Å².